The fourth-order valence-electron chi connectivity index (χ4n) is 2.70. The van der Waals surface area contributed by atoms with Gasteiger partial charge in [0, 0.05) is 16.9 Å². The molecule has 0 unspecified atom stereocenters. The van der Waals surface area contributed by atoms with Gasteiger partial charge in [-0.05, 0) is 37.6 Å². The number of thiophene rings is 1. The monoisotopic (exact) mass is 342 g/mol. The molecule has 124 valence electrons. The fourth-order valence-corrected chi connectivity index (χ4v) is 3.78. The van der Waals surface area contributed by atoms with E-state index in [9.17, 15) is 10.1 Å². The van der Waals surface area contributed by atoms with Gasteiger partial charge in [-0.1, -0.05) is 6.07 Å². The van der Waals surface area contributed by atoms with Crippen molar-refractivity contribution in [1.29, 1.82) is 5.26 Å². The third kappa shape index (κ3) is 3.14. The first-order chi connectivity index (χ1) is 11.4. The third-order valence-corrected chi connectivity index (χ3v) is 5.08. The normalized spacial score (nSPS) is 15.2. The first-order valence-corrected chi connectivity index (χ1v) is 8.39. The van der Waals surface area contributed by atoms with Crippen molar-refractivity contribution >= 4 is 22.2 Å². The predicted octanol–water partition coefficient (Wildman–Crippen LogP) is 3.73. The van der Waals surface area contributed by atoms with Gasteiger partial charge in [0.25, 0.3) is 5.91 Å². The Hall–Kier alpha value is -2.36. The maximum Gasteiger partial charge on any atom is 0.256 e. The SMILES string of the molecule is COc1cccc(C(=O)Nc2sc3c(c2C#N)CC(C)(C)OC3)c1. The molecule has 24 heavy (non-hydrogen) atoms. The van der Waals surface area contributed by atoms with E-state index in [1.807, 2.05) is 13.8 Å². The van der Waals surface area contributed by atoms with E-state index in [-0.39, 0.29) is 11.5 Å². The fraction of sp³-hybridized carbons (Fsp3) is 0.333. The first-order valence-electron chi connectivity index (χ1n) is 7.57. The van der Waals surface area contributed by atoms with Crippen molar-refractivity contribution in [3.63, 3.8) is 0 Å². The lowest BCUT2D eigenvalue weighted by Crippen LogP contribution is -2.31. The molecule has 1 aromatic carbocycles. The number of hydrogen-bond acceptors (Lipinski definition) is 5. The van der Waals surface area contributed by atoms with Crippen molar-refractivity contribution in [2.75, 3.05) is 12.4 Å². The zero-order valence-corrected chi connectivity index (χ0v) is 14.6. The van der Waals surface area contributed by atoms with Crippen LogP contribution < -0.4 is 10.1 Å². The number of nitriles is 1. The summed E-state index contributed by atoms with van der Waals surface area (Å²) in [5, 5.41) is 13.0. The van der Waals surface area contributed by atoms with Crippen molar-refractivity contribution < 1.29 is 14.3 Å². The molecule has 2 aromatic rings. The second-order valence-corrected chi connectivity index (χ2v) is 7.34. The maximum atomic E-state index is 12.5. The lowest BCUT2D eigenvalue weighted by Gasteiger charge is -2.29. The number of methoxy groups -OCH3 is 1. The summed E-state index contributed by atoms with van der Waals surface area (Å²) in [6.45, 7) is 4.48. The zero-order valence-electron chi connectivity index (χ0n) is 13.8. The molecule has 0 radical (unpaired) electrons. The van der Waals surface area contributed by atoms with Gasteiger partial charge in [0.15, 0.2) is 0 Å². The molecule has 3 rings (SSSR count). The number of benzene rings is 1. The predicted molar refractivity (Wildman–Crippen MR) is 92.6 cm³/mol. The topological polar surface area (TPSA) is 71.3 Å². The molecule has 0 saturated heterocycles. The minimum atomic E-state index is -0.298. The molecule has 5 nitrogen and oxygen atoms in total. The van der Waals surface area contributed by atoms with Gasteiger partial charge in [-0.15, -0.1) is 11.3 Å². The van der Waals surface area contributed by atoms with E-state index in [1.165, 1.54) is 11.3 Å². The zero-order chi connectivity index (χ0) is 17.3. The van der Waals surface area contributed by atoms with Gasteiger partial charge < -0.3 is 14.8 Å². The van der Waals surface area contributed by atoms with Gasteiger partial charge >= 0.3 is 0 Å². The van der Waals surface area contributed by atoms with E-state index < -0.39 is 0 Å². The molecule has 2 heterocycles. The quantitative estimate of drug-likeness (QED) is 0.922. The summed E-state index contributed by atoms with van der Waals surface area (Å²) in [6, 6.07) is 9.15. The molecule has 0 spiro atoms. The van der Waals surface area contributed by atoms with Crippen molar-refractivity contribution in [2.24, 2.45) is 0 Å². The van der Waals surface area contributed by atoms with Gasteiger partial charge in [-0.25, -0.2) is 0 Å². The number of anilines is 1. The van der Waals surface area contributed by atoms with Crippen molar-refractivity contribution in [1.82, 2.24) is 0 Å². The second kappa shape index (κ2) is 6.27. The molecule has 1 aliphatic rings. The molecule has 6 heteroatoms. The number of ether oxygens (including phenoxy) is 2. The summed E-state index contributed by atoms with van der Waals surface area (Å²) in [6.07, 6.45) is 0.663. The highest BCUT2D eigenvalue weighted by atomic mass is 32.1. The lowest BCUT2D eigenvalue weighted by molar-refractivity contribution is -0.0383. The highest BCUT2D eigenvalue weighted by Crippen LogP contribution is 2.40. The van der Waals surface area contributed by atoms with Gasteiger partial charge in [0.2, 0.25) is 0 Å². The van der Waals surface area contributed by atoms with Gasteiger partial charge in [-0.2, -0.15) is 5.26 Å². The summed E-state index contributed by atoms with van der Waals surface area (Å²) in [5.74, 6) is 0.355. The van der Waals surface area contributed by atoms with Crippen molar-refractivity contribution in [2.45, 2.75) is 32.5 Å². The van der Waals surface area contributed by atoms with Crippen LogP contribution in [0.4, 0.5) is 5.00 Å². The molecule has 0 saturated carbocycles. The molecule has 1 amide bonds. The van der Waals surface area contributed by atoms with Gasteiger partial charge in [0.1, 0.15) is 16.8 Å². The van der Waals surface area contributed by atoms with E-state index in [4.69, 9.17) is 9.47 Å². The van der Waals surface area contributed by atoms with Crippen LogP contribution in [0.25, 0.3) is 0 Å². The average molecular weight is 342 g/mol. The Kier molecular flexibility index (Phi) is 4.31. The van der Waals surface area contributed by atoms with E-state index >= 15 is 0 Å². The molecule has 1 N–H and O–H groups in total. The largest absolute Gasteiger partial charge is 0.497 e. The maximum absolute atomic E-state index is 12.5. The van der Waals surface area contributed by atoms with Gasteiger partial charge in [-0.3, -0.25) is 4.79 Å². The summed E-state index contributed by atoms with van der Waals surface area (Å²) in [5.41, 5.74) is 1.72. The van der Waals surface area contributed by atoms with E-state index in [0.717, 1.165) is 10.4 Å². The molecule has 0 bridgehead atoms. The number of carbonyl (C=O) groups is 1. The lowest BCUT2D eigenvalue weighted by atomic mass is 9.93. The summed E-state index contributed by atoms with van der Waals surface area (Å²) in [7, 11) is 1.56. The smallest absolute Gasteiger partial charge is 0.256 e. The number of nitrogens with one attached hydrogen (secondary N) is 1. The van der Waals surface area contributed by atoms with Crippen molar-refractivity contribution in [3.05, 3.63) is 45.8 Å². The Morgan fingerprint density at radius 1 is 1.46 bits per heavy atom. The Morgan fingerprint density at radius 2 is 2.25 bits per heavy atom. The summed E-state index contributed by atoms with van der Waals surface area (Å²) < 4.78 is 10.9. The molecular formula is C18H18N2O3S. The van der Waals surface area contributed by atoms with Crippen LogP contribution in [0.3, 0.4) is 0 Å². The number of nitrogens with zero attached hydrogens (tertiary/aromatic N) is 1. The van der Waals surface area contributed by atoms with Crippen LogP contribution in [0, 0.1) is 11.3 Å². The molecule has 1 aliphatic heterocycles. The standard InChI is InChI=1S/C18H18N2O3S/c1-18(2)8-13-14(9-19)17(24-15(13)10-23-18)20-16(21)11-5-4-6-12(7-11)22-3/h4-7H,8,10H2,1-3H3,(H,20,21). The van der Waals surface area contributed by atoms with Crippen LogP contribution in [0.2, 0.25) is 0 Å². The Balaban J connectivity index is 1.89. The van der Waals surface area contributed by atoms with Crippen LogP contribution >= 0.6 is 11.3 Å². The van der Waals surface area contributed by atoms with Crippen LogP contribution in [0.15, 0.2) is 24.3 Å². The molecular weight excluding hydrogens is 324 g/mol. The third-order valence-electron chi connectivity index (χ3n) is 3.96. The number of hydrogen-bond donors (Lipinski definition) is 1. The Labute approximate surface area is 144 Å². The van der Waals surface area contributed by atoms with E-state index in [1.54, 1.807) is 31.4 Å². The second-order valence-electron chi connectivity index (χ2n) is 6.23. The van der Waals surface area contributed by atoms with Crippen LogP contribution in [0.1, 0.15) is 40.2 Å². The Morgan fingerprint density at radius 3 is 2.96 bits per heavy atom. The van der Waals surface area contributed by atoms with E-state index in [0.29, 0.717) is 34.9 Å². The van der Waals surface area contributed by atoms with E-state index in [2.05, 4.69) is 11.4 Å². The summed E-state index contributed by atoms with van der Waals surface area (Å²) in [4.78, 5) is 13.5. The van der Waals surface area contributed by atoms with Crippen LogP contribution in [-0.4, -0.2) is 18.6 Å². The van der Waals surface area contributed by atoms with Crippen molar-refractivity contribution in [3.8, 4) is 11.8 Å². The van der Waals surface area contributed by atoms with Crippen LogP contribution in [-0.2, 0) is 17.8 Å². The average Bonchev–Trinajstić information content (AvgIpc) is 2.89. The molecule has 0 fully saturated rings. The number of fused-ring (bicyclic) bond motifs is 1. The van der Waals surface area contributed by atoms with Crippen LogP contribution in [0.5, 0.6) is 5.75 Å². The first kappa shape index (κ1) is 16.5. The minimum absolute atomic E-state index is 0.260. The van der Waals surface area contributed by atoms with Gasteiger partial charge in [0.05, 0.1) is 24.9 Å². The number of carbonyl (C=O) groups excluding carboxylic acids is 1. The summed E-state index contributed by atoms with van der Waals surface area (Å²) >= 11 is 1.41. The highest BCUT2D eigenvalue weighted by Gasteiger charge is 2.31. The molecule has 0 atom stereocenters. The number of rotatable bonds is 3. The number of amides is 1. The minimum Gasteiger partial charge on any atom is -0.497 e. The molecule has 0 aliphatic carbocycles. The highest BCUT2D eigenvalue weighted by molar-refractivity contribution is 7.16. The molecule has 1 aromatic heterocycles. The Bertz CT molecular complexity index is 833.